The third-order valence-corrected chi connectivity index (χ3v) is 2.75. The molecular formula is C13H10O3. The molecule has 1 aromatic carbocycles. The van der Waals surface area contributed by atoms with Crippen molar-refractivity contribution < 1.29 is 13.9 Å². The van der Waals surface area contributed by atoms with Crippen LogP contribution in [-0.4, -0.2) is 6.29 Å². The van der Waals surface area contributed by atoms with E-state index in [1.54, 1.807) is 12.1 Å². The summed E-state index contributed by atoms with van der Waals surface area (Å²) in [5.74, 6) is 1.07. The highest BCUT2D eigenvalue weighted by atomic mass is 16.5. The van der Waals surface area contributed by atoms with Gasteiger partial charge < -0.3 is 9.15 Å². The smallest absolute Gasteiger partial charge is 0.185 e. The van der Waals surface area contributed by atoms with Crippen molar-refractivity contribution >= 4 is 6.29 Å². The lowest BCUT2D eigenvalue weighted by atomic mass is 10.1. The quantitative estimate of drug-likeness (QED) is 0.721. The van der Waals surface area contributed by atoms with Gasteiger partial charge >= 0.3 is 0 Å². The Morgan fingerprint density at radius 3 is 2.75 bits per heavy atom. The van der Waals surface area contributed by atoms with Crippen LogP contribution in [0.2, 0.25) is 0 Å². The van der Waals surface area contributed by atoms with E-state index in [-0.39, 0.29) is 0 Å². The van der Waals surface area contributed by atoms with Gasteiger partial charge in [0.15, 0.2) is 12.0 Å². The van der Waals surface area contributed by atoms with Crippen LogP contribution < -0.4 is 0 Å². The highest BCUT2D eigenvalue weighted by Crippen LogP contribution is 2.27. The number of furan rings is 1. The number of hydrogen-bond acceptors (Lipinski definition) is 3. The Labute approximate surface area is 92.6 Å². The molecule has 0 fully saturated rings. The van der Waals surface area contributed by atoms with Crippen molar-refractivity contribution in [2.24, 2.45) is 0 Å². The topological polar surface area (TPSA) is 39.4 Å². The lowest BCUT2D eigenvalue weighted by molar-refractivity contribution is 0.110. The van der Waals surface area contributed by atoms with Crippen LogP contribution in [0.4, 0.5) is 0 Å². The van der Waals surface area contributed by atoms with Gasteiger partial charge in [0.25, 0.3) is 0 Å². The van der Waals surface area contributed by atoms with Gasteiger partial charge in [-0.25, -0.2) is 0 Å². The lowest BCUT2D eigenvalue weighted by Crippen LogP contribution is -1.83. The molecule has 1 aliphatic heterocycles. The third-order valence-electron chi connectivity index (χ3n) is 2.75. The first-order valence-corrected chi connectivity index (χ1v) is 5.12. The van der Waals surface area contributed by atoms with Gasteiger partial charge in [-0.15, -0.1) is 0 Å². The second kappa shape index (κ2) is 3.61. The van der Waals surface area contributed by atoms with E-state index in [1.165, 1.54) is 11.1 Å². The van der Waals surface area contributed by atoms with Crippen molar-refractivity contribution in [1.82, 2.24) is 0 Å². The van der Waals surface area contributed by atoms with Crippen LogP contribution in [0, 0.1) is 0 Å². The molecule has 16 heavy (non-hydrogen) atoms. The van der Waals surface area contributed by atoms with Crippen LogP contribution in [0.25, 0.3) is 11.3 Å². The molecule has 0 saturated carbocycles. The molecule has 0 saturated heterocycles. The predicted molar refractivity (Wildman–Crippen MR) is 58.0 cm³/mol. The van der Waals surface area contributed by atoms with Crippen LogP contribution >= 0.6 is 0 Å². The van der Waals surface area contributed by atoms with Crippen LogP contribution in [0.5, 0.6) is 0 Å². The largest absolute Gasteiger partial charge is 0.453 e. The fraction of sp³-hybridized carbons (Fsp3) is 0.154. The molecule has 0 bridgehead atoms. The summed E-state index contributed by atoms with van der Waals surface area (Å²) >= 11 is 0. The second-order valence-electron chi connectivity index (χ2n) is 3.80. The van der Waals surface area contributed by atoms with E-state index in [0.29, 0.717) is 25.3 Å². The molecule has 2 heterocycles. The Balaban J connectivity index is 2.03. The molecule has 0 amide bonds. The lowest BCUT2D eigenvalue weighted by Gasteiger charge is -2.00. The minimum atomic E-state index is 0.353. The molecule has 2 aromatic rings. The molecule has 3 rings (SSSR count). The molecule has 0 radical (unpaired) electrons. The summed E-state index contributed by atoms with van der Waals surface area (Å²) in [5.41, 5.74) is 3.41. The number of benzene rings is 1. The fourth-order valence-electron chi connectivity index (χ4n) is 1.90. The number of aldehydes is 1. The molecule has 1 aliphatic rings. The van der Waals surface area contributed by atoms with E-state index in [1.807, 2.05) is 12.1 Å². The number of rotatable bonds is 2. The minimum absolute atomic E-state index is 0.353. The zero-order valence-corrected chi connectivity index (χ0v) is 8.60. The van der Waals surface area contributed by atoms with E-state index >= 15 is 0 Å². The maximum Gasteiger partial charge on any atom is 0.185 e. The van der Waals surface area contributed by atoms with Crippen molar-refractivity contribution in [2.75, 3.05) is 0 Å². The molecule has 1 aromatic heterocycles. The maximum absolute atomic E-state index is 10.5. The zero-order chi connectivity index (χ0) is 11.0. The van der Waals surface area contributed by atoms with Crippen molar-refractivity contribution in [3.63, 3.8) is 0 Å². The van der Waals surface area contributed by atoms with Gasteiger partial charge in [0, 0.05) is 5.56 Å². The Morgan fingerprint density at radius 2 is 1.94 bits per heavy atom. The first-order valence-electron chi connectivity index (χ1n) is 5.12. The molecule has 0 unspecified atom stereocenters. The second-order valence-corrected chi connectivity index (χ2v) is 3.80. The van der Waals surface area contributed by atoms with Gasteiger partial charge in [0.2, 0.25) is 0 Å². The van der Waals surface area contributed by atoms with E-state index in [0.717, 1.165) is 11.3 Å². The summed E-state index contributed by atoms with van der Waals surface area (Å²) in [5, 5.41) is 0. The predicted octanol–water partition coefficient (Wildman–Crippen LogP) is 2.79. The molecular weight excluding hydrogens is 204 g/mol. The summed E-state index contributed by atoms with van der Waals surface area (Å²) in [7, 11) is 0. The highest BCUT2D eigenvalue weighted by molar-refractivity contribution is 5.73. The SMILES string of the molecule is O=Cc1ccc(-c2ccc3c(c2)COC3)o1. The van der Waals surface area contributed by atoms with Crippen molar-refractivity contribution in [3.05, 3.63) is 47.2 Å². The molecule has 0 spiro atoms. The summed E-state index contributed by atoms with van der Waals surface area (Å²) in [6.07, 6.45) is 0.708. The summed E-state index contributed by atoms with van der Waals surface area (Å²) in [4.78, 5) is 10.5. The van der Waals surface area contributed by atoms with E-state index < -0.39 is 0 Å². The van der Waals surface area contributed by atoms with Gasteiger partial charge in [0.1, 0.15) is 5.76 Å². The Hall–Kier alpha value is -1.87. The molecule has 0 N–H and O–H groups in total. The molecule has 0 aliphatic carbocycles. The Morgan fingerprint density at radius 1 is 1.06 bits per heavy atom. The van der Waals surface area contributed by atoms with Crippen molar-refractivity contribution in [2.45, 2.75) is 13.2 Å². The van der Waals surface area contributed by atoms with Gasteiger partial charge in [-0.2, -0.15) is 0 Å². The maximum atomic E-state index is 10.5. The van der Waals surface area contributed by atoms with Gasteiger partial charge in [0.05, 0.1) is 13.2 Å². The number of fused-ring (bicyclic) bond motifs is 1. The van der Waals surface area contributed by atoms with Crippen LogP contribution in [0.15, 0.2) is 34.7 Å². The molecule has 3 nitrogen and oxygen atoms in total. The fourth-order valence-corrected chi connectivity index (χ4v) is 1.90. The van der Waals surface area contributed by atoms with Gasteiger partial charge in [-0.05, 0) is 29.3 Å². The van der Waals surface area contributed by atoms with Crippen LogP contribution in [-0.2, 0) is 18.0 Å². The molecule has 80 valence electrons. The summed E-state index contributed by atoms with van der Waals surface area (Å²) in [6.45, 7) is 1.35. The normalized spacial score (nSPS) is 13.8. The average Bonchev–Trinajstić information content (AvgIpc) is 2.96. The van der Waals surface area contributed by atoms with E-state index in [2.05, 4.69) is 6.07 Å². The van der Waals surface area contributed by atoms with E-state index in [4.69, 9.17) is 9.15 Å². The number of carbonyl (C=O) groups excluding carboxylic acids is 1. The molecule has 0 atom stereocenters. The summed E-state index contributed by atoms with van der Waals surface area (Å²) in [6, 6.07) is 9.56. The van der Waals surface area contributed by atoms with Crippen molar-refractivity contribution in [3.8, 4) is 11.3 Å². The van der Waals surface area contributed by atoms with Crippen LogP contribution in [0.1, 0.15) is 21.7 Å². The van der Waals surface area contributed by atoms with Crippen molar-refractivity contribution in [1.29, 1.82) is 0 Å². The number of hydrogen-bond donors (Lipinski definition) is 0. The molecule has 3 heteroatoms. The highest BCUT2D eigenvalue weighted by Gasteiger charge is 2.13. The van der Waals surface area contributed by atoms with E-state index in [9.17, 15) is 4.79 Å². The van der Waals surface area contributed by atoms with Gasteiger partial charge in [-0.3, -0.25) is 4.79 Å². The summed E-state index contributed by atoms with van der Waals surface area (Å²) < 4.78 is 10.7. The first-order chi connectivity index (χ1) is 7.86. The Kier molecular flexibility index (Phi) is 2.11. The number of carbonyl (C=O) groups is 1. The minimum Gasteiger partial charge on any atom is -0.453 e. The average molecular weight is 214 g/mol. The standard InChI is InChI=1S/C13H10O3/c14-6-12-3-4-13(16-12)9-1-2-10-7-15-8-11(10)5-9/h1-6H,7-8H2. The number of ether oxygens (including phenoxy) is 1. The van der Waals surface area contributed by atoms with Crippen LogP contribution in [0.3, 0.4) is 0 Å². The van der Waals surface area contributed by atoms with Gasteiger partial charge in [-0.1, -0.05) is 12.1 Å². The monoisotopic (exact) mass is 214 g/mol. The Bertz CT molecular complexity index is 540. The third kappa shape index (κ3) is 1.46. The zero-order valence-electron chi connectivity index (χ0n) is 8.60. The first kappa shape index (κ1) is 9.36.